The summed E-state index contributed by atoms with van der Waals surface area (Å²) in [4.78, 5) is 13.2. The summed E-state index contributed by atoms with van der Waals surface area (Å²) < 4.78 is 4.36. The van der Waals surface area contributed by atoms with E-state index in [1.165, 1.54) is 16.8 Å². The van der Waals surface area contributed by atoms with Crippen LogP contribution in [-0.2, 0) is 13.1 Å². The molecule has 138 valence electrons. The largest absolute Gasteiger partial charge is 0.369 e. The SMILES string of the molecule is Cc1c(C)n(Cc2ccccc2)c2ncnc(NCCCn3ccnc3)c12. The average Bonchev–Trinajstić information content (AvgIpc) is 3.30. The van der Waals surface area contributed by atoms with Crippen molar-refractivity contribution in [2.45, 2.75) is 33.4 Å². The van der Waals surface area contributed by atoms with Gasteiger partial charge in [-0.3, -0.25) is 0 Å². The molecule has 0 aliphatic rings. The Morgan fingerprint density at radius 1 is 1.07 bits per heavy atom. The highest BCUT2D eigenvalue weighted by atomic mass is 15.1. The molecule has 0 atom stereocenters. The van der Waals surface area contributed by atoms with E-state index in [2.05, 4.69) is 67.5 Å². The van der Waals surface area contributed by atoms with Gasteiger partial charge in [-0.05, 0) is 31.4 Å². The van der Waals surface area contributed by atoms with Crippen molar-refractivity contribution in [3.8, 4) is 0 Å². The minimum absolute atomic E-state index is 0.814. The van der Waals surface area contributed by atoms with Crippen molar-refractivity contribution in [2.75, 3.05) is 11.9 Å². The minimum atomic E-state index is 0.814. The highest BCUT2D eigenvalue weighted by molar-refractivity contribution is 5.91. The Labute approximate surface area is 158 Å². The molecule has 3 aromatic heterocycles. The second-order valence-corrected chi connectivity index (χ2v) is 6.78. The molecule has 0 fully saturated rings. The predicted molar refractivity (Wildman–Crippen MR) is 108 cm³/mol. The van der Waals surface area contributed by atoms with Crippen LogP contribution in [0.5, 0.6) is 0 Å². The van der Waals surface area contributed by atoms with Gasteiger partial charge >= 0.3 is 0 Å². The maximum atomic E-state index is 4.59. The van der Waals surface area contributed by atoms with Gasteiger partial charge in [0, 0.05) is 37.7 Å². The molecule has 0 unspecified atom stereocenters. The number of nitrogens with zero attached hydrogens (tertiary/aromatic N) is 5. The molecule has 0 radical (unpaired) electrons. The third-order valence-corrected chi connectivity index (χ3v) is 5.03. The highest BCUT2D eigenvalue weighted by Gasteiger charge is 2.16. The number of imidazole rings is 1. The summed E-state index contributed by atoms with van der Waals surface area (Å²) in [5.74, 6) is 0.915. The van der Waals surface area contributed by atoms with Crippen molar-refractivity contribution in [3.63, 3.8) is 0 Å². The van der Waals surface area contributed by atoms with E-state index >= 15 is 0 Å². The molecule has 4 rings (SSSR count). The minimum Gasteiger partial charge on any atom is -0.369 e. The summed E-state index contributed by atoms with van der Waals surface area (Å²) in [6, 6.07) is 10.5. The van der Waals surface area contributed by atoms with Crippen LogP contribution in [-0.4, -0.2) is 30.6 Å². The topological polar surface area (TPSA) is 60.6 Å². The first-order valence-corrected chi connectivity index (χ1v) is 9.28. The quantitative estimate of drug-likeness (QED) is 0.509. The van der Waals surface area contributed by atoms with Gasteiger partial charge < -0.3 is 14.5 Å². The lowest BCUT2D eigenvalue weighted by atomic mass is 10.2. The standard InChI is InChI=1S/C21H24N6/c1-16-17(2)27(13-18-7-4-3-5-8-18)21-19(16)20(24-14-25-21)23-9-6-11-26-12-10-22-15-26/h3-5,7-8,10,12,14-15H,6,9,11,13H2,1-2H3,(H,23,24,25). The molecule has 0 amide bonds. The average molecular weight is 360 g/mol. The van der Waals surface area contributed by atoms with Crippen molar-refractivity contribution in [2.24, 2.45) is 0 Å². The summed E-state index contributed by atoms with van der Waals surface area (Å²) in [5.41, 5.74) is 4.72. The predicted octanol–water partition coefficient (Wildman–Crippen LogP) is 3.80. The monoisotopic (exact) mass is 360 g/mol. The lowest BCUT2D eigenvalue weighted by molar-refractivity contribution is 0.660. The lowest BCUT2D eigenvalue weighted by Crippen LogP contribution is -2.08. The summed E-state index contributed by atoms with van der Waals surface area (Å²) in [6.45, 7) is 6.91. The summed E-state index contributed by atoms with van der Waals surface area (Å²) in [7, 11) is 0. The van der Waals surface area contributed by atoms with Crippen LogP contribution in [0.4, 0.5) is 5.82 Å². The van der Waals surface area contributed by atoms with Crippen LogP contribution in [0.15, 0.2) is 55.4 Å². The molecule has 1 N–H and O–H groups in total. The van der Waals surface area contributed by atoms with Crippen molar-refractivity contribution in [1.82, 2.24) is 24.1 Å². The van der Waals surface area contributed by atoms with Gasteiger partial charge in [0.1, 0.15) is 17.8 Å². The molecule has 6 heteroatoms. The van der Waals surface area contributed by atoms with E-state index in [0.717, 1.165) is 42.9 Å². The second-order valence-electron chi connectivity index (χ2n) is 6.78. The van der Waals surface area contributed by atoms with Crippen molar-refractivity contribution in [3.05, 3.63) is 72.2 Å². The number of fused-ring (bicyclic) bond motifs is 1. The van der Waals surface area contributed by atoms with E-state index < -0.39 is 0 Å². The van der Waals surface area contributed by atoms with Crippen molar-refractivity contribution in [1.29, 1.82) is 0 Å². The Morgan fingerprint density at radius 2 is 1.93 bits per heavy atom. The molecule has 0 saturated carbocycles. The Balaban J connectivity index is 1.56. The normalized spacial score (nSPS) is 11.2. The molecule has 0 saturated heterocycles. The van der Waals surface area contributed by atoms with E-state index in [0.29, 0.717) is 0 Å². The molecule has 0 bridgehead atoms. The van der Waals surface area contributed by atoms with Gasteiger partial charge in [-0.1, -0.05) is 30.3 Å². The molecule has 0 aliphatic heterocycles. The molecule has 27 heavy (non-hydrogen) atoms. The van der Waals surface area contributed by atoms with Gasteiger partial charge in [-0.15, -0.1) is 0 Å². The van der Waals surface area contributed by atoms with E-state index in [1.54, 1.807) is 6.33 Å². The molecule has 3 heterocycles. The summed E-state index contributed by atoms with van der Waals surface area (Å²) in [6.07, 6.45) is 8.30. The molecule has 6 nitrogen and oxygen atoms in total. The maximum absolute atomic E-state index is 4.59. The number of aryl methyl sites for hydroxylation is 2. The Bertz CT molecular complexity index is 1020. The fraction of sp³-hybridized carbons (Fsp3) is 0.286. The van der Waals surface area contributed by atoms with E-state index in [-0.39, 0.29) is 0 Å². The Kier molecular flexibility index (Phi) is 4.87. The van der Waals surface area contributed by atoms with Crippen LogP contribution in [0.25, 0.3) is 11.0 Å². The fourth-order valence-electron chi connectivity index (χ4n) is 3.45. The molecular formula is C21H24N6. The maximum Gasteiger partial charge on any atom is 0.146 e. The summed E-state index contributed by atoms with van der Waals surface area (Å²) in [5, 5.41) is 4.62. The van der Waals surface area contributed by atoms with Gasteiger partial charge in [0.05, 0.1) is 11.7 Å². The van der Waals surface area contributed by atoms with Crippen LogP contribution in [0.1, 0.15) is 23.2 Å². The van der Waals surface area contributed by atoms with E-state index in [4.69, 9.17) is 0 Å². The summed E-state index contributed by atoms with van der Waals surface area (Å²) >= 11 is 0. The molecule has 4 aromatic rings. The molecule has 1 aromatic carbocycles. The van der Waals surface area contributed by atoms with Crippen LogP contribution in [0.2, 0.25) is 0 Å². The first kappa shape index (κ1) is 17.3. The van der Waals surface area contributed by atoms with E-state index in [9.17, 15) is 0 Å². The number of nitrogens with one attached hydrogen (secondary N) is 1. The van der Waals surface area contributed by atoms with Crippen LogP contribution in [0.3, 0.4) is 0 Å². The van der Waals surface area contributed by atoms with Gasteiger partial charge in [0.15, 0.2) is 0 Å². The smallest absolute Gasteiger partial charge is 0.146 e. The van der Waals surface area contributed by atoms with Crippen LogP contribution >= 0.6 is 0 Å². The van der Waals surface area contributed by atoms with Gasteiger partial charge in [-0.2, -0.15) is 0 Å². The van der Waals surface area contributed by atoms with E-state index in [1.807, 2.05) is 24.8 Å². The lowest BCUT2D eigenvalue weighted by Gasteiger charge is -2.09. The number of hydrogen-bond acceptors (Lipinski definition) is 4. The number of anilines is 1. The zero-order valence-corrected chi connectivity index (χ0v) is 15.8. The molecule has 0 aliphatic carbocycles. The Hall–Kier alpha value is -3.15. The van der Waals surface area contributed by atoms with Gasteiger partial charge in [0.25, 0.3) is 0 Å². The van der Waals surface area contributed by atoms with Crippen molar-refractivity contribution < 1.29 is 0 Å². The molecular weight excluding hydrogens is 336 g/mol. The third kappa shape index (κ3) is 3.56. The van der Waals surface area contributed by atoms with Gasteiger partial charge in [0.2, 0.25) is 0 Å². The number of hydrogen-bond donors (Lipinski definition) is 1. The Morgan fingerprint density at radius 3 is 2.70 bits per heavy atom. The van der Waals surface area contributed by atoms with Crippen LogP contribution < -0.4 is 5.32 Å². The third-order valence-electron chi connectivity index (χ3n) is 5.03. The second kappa shape index (κ2) is 7.61. The van der Waals surface area contributed by atoms with Crippen LogP contribution in [0, 0.1) is 13.8 Å². The van der Waals surface area contributed by atoms with Crippen molar-refractivity contribution >= 4 is 16.9 Å². The zero-order valence-electron chi connectivity index (χ0n) is 15.8. The first-order chi connectivity index (χ1) is 13.2. The first-order valence-electron chi connectivity index (χ1n) is 9.28. The number of benzene rings is 1. The number of rotatable bonds is 7. The number of aromatic nitrogens is 5. The fourth-order valence-corrected chi connectivity index (χ4v) is 3.45. The zero-order chi connectivity index (χ0) is 18.6. The molecule has 0 spiro atoms. The highest BCUT2D eigenvalue weighted by Crippen LogP contribution is 2.29. The van der Waals surface area contributed by atoms with Gasteiger partial charge in [-0.25, -0.2) is 15.0 Å².